The summed E-state index contributed by atoms with van der Waals surface area (Å²) in [5.41, 5.74) is 1.85. The molecule has 0 aliphatic heterocycles. The van der Waals surface area contributed by atoms with Crippen molar-refractivity contribution in [1.82, 2.24) is 29.6 Å². The Bertz CT molecular complexity index is 892. The van der Waals surface area contributed by atoms with Gasteiger partial charge in [0.05, 0.1) is 23.9 Å². The Balaban J connectivity index is 1.43. The van der Waals surface area contributed by atoms with Crippen molar-refractivity contribution in [2.24, 2.45) is 0 Å². The highest BCUT2D eigenvalue weighted by Gasteiger charge is 2.21. The van der Waals surface area contributed by atoms with Gasteiger partial charge < -0.3 is 14.5 Å². The fourth-order valence-corrected chi connectivity index (χ4v) is 3.78. The van der Waals surface area contributed by atoms with Crippen LogP contribution < -0.4 is 5.32 Å². The molecule has 1 fully saturated rings. The molecule has 1 aliphatic carbocycles. The lowest BCUT2D eigenvalue weighted by Crippen LogP contribution is -2.31. The molecule has 1 N–H and O–H groups in total. The van der Waals surface area contributed by atoms with Crippen LogP contribution in [0.25, 0.3) is 11.0 Å². The Labute approximate surface area is 152 Å². The van der Waals surface area contributed by atoms with Crippen LogP contribution in [-0.4, -0.2) is 30.2 Å². The van der Waals surface area contributed by atoms with Crippen molar-refractivity contribution in [2.45, 2.75) is 57.7 Å². The second kappa shape index (κ2) is 7.27. The fourth-order valence-electron chi connectivity index (χ4n) is 3.78. The Hall–Kier alpha value is -2.70. The monoisotopic (exact) mass is 352 g/mol. The smallest absolute Gasteiger partial charge is 0.243 e. The van der Waals surface area contributed by atoms with Crippen molar-refractivity contribution in [3.05, 3.63) is 42.7 Å². The molecule has 7 heteroatoms. The van der Waals surface area contributed by atoms with Crippen molar-refractivity contribution in [3.8, 4) is 0 Å². The molecule has 1 aliphatic rings. The van der Waals surface area contributed by atoms with Gasteiger partial charge >= 0.3 is 0 Å². The predicted molar refractivity (Wildman–Crippen MR) is 98.4 cm³/mol. The minimum atomic E-state index is -0.339. The van der Waals surface area contributed by atoms with Gasteiger partial charge in [0.1, 0.15) is 12.4 Å². The first-order chi connectivity index (χ1) is 12.7. The quantitative estimate of drug-likeness (QED) is 0.766. The van der Waals surface area contributed by atoms with Crippen LogP contribution in [0.5, 0.6) is 0 Å². The fraction of sp³-hybridized carbons (Fsp3) is 0.474. The number of rotatable bonds is 5. The molecule has 136 valence electrons. The lowest BCUT2D eigenvalue weighted by atomic mass is 9.95. The second-order valence-corrected chi connectivity index (χ2v) is 6.98. The van der Waals surface area contributed by atoms with E-state index in [0.717, 1.165) is 29.7 Å². The summed E-state index contributed by atoms with van der Waals surface area (Å²) >= 11 is 0. The van der Waals surface area contributed by atoms with Gasteiger partial charge in [-0.3, -0.25) is 4.79 Å². The van der Waals surface area contributed by atoms with Gasteiger partial charge in [0.25, 0.3) is 0 Å². The van der Waals surface area contributed by atoms with Crippen LogP contribution in [-0.2, 0) is 11.3 Å². The molecule has 1 atom stereocenters. The molecule has 2 aromatic heterocycles. The van der Waals surface area contributed by atoms with E-state index in [1.807, 2.05) is 35.8 Å². The van der Waals surface area contributed by atoms with E-state index in [-0.39, 0.29) is 11.9 Å². The number of benzene rings is 1. The van der Waals surface area contributed by atoms with Crippen molar-refractivity contribution in [1.29, 1.82) is 0 Å². The summed E-state index contributed by atoms with van der Waals surface area (Å²) in [7, 11) is 0. The number of carbonyl (C=O) groups is 1. The molecule has 0 unspecified atom stereocenters. The van der Waals surface area contributed by atoms with Crippen molar-refractivity contribution in [3.63, 3.8) is 0 Å². The van der Waals surface area contributed by atoms with Gasteiger partial charge in [-0.1, -0.05) is 31.4 Å². The zero-order valence-corrected chi connectivity index (χ0v) is 15.0. The average molecular weight is 352 g/mol. The van der Waals surface area contributed by atoms with Gasteiger partial charge in [-0.05, 0) is 31.9 Å². The number of imidazole rings is 1. The maximum Gasteiger partial charge on any atom is 0.243 e. The lowest BCUT2D eigenvalue weighted by Gasteiger charge is -2.24. The Morgan fingerprint density at radius 3 is 2.88 bits per heavy atom. The molecule has 1 amide bonds. The average Bonchev–Trinajstić information content (AvgIpc) is 3.33. The summed E-state index contributed by atoms with van der Waals surface area (Å²) in [6, 6.07) is 7.95. The molecule has 3 aromatic rings. The Kier molecular flexibility index (Phi) is 4.69. The summed E-state index contributed by atoms with van der Waals surface area (Å²) in [6.07, 6.45) is 9.65. The number of nitrogens with zero attached hydrogens (tertiary/aromatic N) is 5. The summed E-state index contributed by atoms with van der Waals surface area (Å²) in [4.78, 5) is 17.0. The number of hydrogen-bond acceptors (Lipinski definition) is 4. The minimum absolute atomic E-state index is 0.0497. The van der Waals surface area contributed by atoms with Crippen LogP contribution in [0.2, 0.25) is 0 Å². The number of carbonyl (C=O) groups excluding carboxylic acids is 1. The number of nitrogens with one attached hydrogen (secondary N) is 1. The number of hydrogen-bond donors (Lipinski definition) is 1. The van der Waals surface area contributed by atoms with Crippen LogP contribution in [0.3, 0.4) is 0 Å². The van der Waals surface area contributed by atoms with Gasteiger partial charge in [0.15, 0.2) is 5.82 Å². The first-order valence-corrected chi connectivity index (χ1v) is 9.31. The lowest BCUT2D eigenvalue weighted by molar-refractivity contribution is -0.124. The highest BCUT2D eigenvalue weighted by Crippen LogP contribution is 2.28. The minimum Gasteiger partial charge on any atom is -0.347 e. The number of amides is 1. The maximum atomic E-state index is 12.7. The Morgan fingerprint density at radius 2 is 2.04 bits per heavy atom. The molecule has 0 spiro atoms. The molecule has 1 aromatic carbocycles. The van der Waals surface area contributed by atoms with E-state index in [0.29, 0.717) is 12.6 Å². The van der Waals surface area contributed by atoms with Crippen molar-refractivity contribution in [2.75, 3.05) is 0 Å². The van der Waals surface area contributed by atoms with Gasteiger partial charge in [0, 0.05) is 6.04 Å². The Morgan fingerprint density at radius 1 is 1.23 bits per heavy atom. The third-order valence-corrected chi connectivity index (χ3v) is 5.31. The van der Waals surface area contributed by atoms with E-state index in [9.17, 15) is 4.79 Å². The number of para-hydroxylation sites is 2. The highest BCUT2D eigenvalue weighted by atomic mass is 16.2. The molecular formula is C19H24N6O. The van der Waals surface area contributed by atoms with E-state index >= 15 is 0 Å². The standard InChI is InChI=1S/C19H24N6O/c1-14(24-12-21-16-9-5-6-10-17(16)24)19(26)20-11-18-23-22-13-25(18)15-7-3-2-4-8-15/h5-6,9-10,12-15H,2-4,7-8,11H2,1H3,(H,20,26)/t14-/m1/s1. The molecule has 2 heterocycles. The van der Waals surface area contributed by atoms with Crippen LogP contribution in [0.15, 0.2) is 36.9 Å². The molecular weight excluding hydrogens is 328 g/mol. The van der Waals surface area contributed by atoms with Crippen molar-refractivity contribution >= 4 is 16.9 Å². The van der Waals surface area contributed by atoms with Crippen LogP contribution in [0.4, 0.5) is 0 Å². The third kappa shape index (κ3) is 3.21. The van der Waals surface area contributed by atoms with E-state index in [1.165, 1.54) is 19.3 Å². The normalized spacial score (nSPS) is 16.7. The van der Waals surface area contributed by atoms with E-state index in [1.54, 1.807) is 12.7 Å². The van der Waals surface area contributed by atoms with Gasteiger partial charge in [-0.15, -0.1) is 10.2 Å². The van der Waals surface area contributed by atoms with Crippen LogP contribution in [0.1, 0.15) is 56.9 Å². The van der Waals surface area contributed by atoms with Crippen molar-refractivity contribution < 1.29 is 4.79 Å². The van der Waals surface area contributed by atoms with E-state index < -0.39 is 0 Å². The zero-order valence-electron chi connectivity index (χ0n) is 15.0. The number of fused-ring (bicyclic) bond motifs is 1. The third-order valence-electron chi connectivity index (χ3n) is 5.31. The molecule has 7 nitrogen and oxygen atoms in total. The van der Waals surface area contributed by atoms with E-state index in [4.69, 9.17) is 0 Å². The van der Waals surface area contributed by atoms with Gasteiger partial charge in [0.2, 0.25) is 5.91 Å². The second-order valence-electron chi connectivity index (χ2n) is 6.98. The molecule has 0 bridgehead atoms. The predicted octanol–water partition coefficient (Wildman–Crippen LogP) is 3.01. The maximum absolute atomic E-state index is 12.7. The van der Waals surface area contributed by atoms with Gasteiger partial charge in [-0.25, -0.2) is 4.98 Å². The molecule has 26 heavy (non-hydrogen) atoms. The van der Waals surface area contributed by atoms with Crippen LogP contribution in [0, 0.1) is 0 Å². The molecule has 0 saturated heterocycles. The summed E-state index contributed by atoms with van der Waals surface area (Å²) in [5.74, 6) is 0.777. The zero-order chi connectivity index (χ0) is 17.9. The van der Waals surface area contributed by atoms with Crippen LogP contribution >= 0.6 is 0 Å². The molecule has 0 radical (unpaired) electrons. The molecule has 4 rings (SSSR count). The summed E-state index contributed by atoms with van der Waals surface area (Å²) in [6.45, 7) is 2.28. The highest BCUT2D eigenvalue weighted by molar-refractivity contribution is 5.83. The van der Waals surface area contributed by atoms with Gasteiger partial charge in [-0.2, -0.15) is 0 Å². The topological polar surface area (TPSA) is 77.6 Å². The summed E-state index contributed by atoms with van der Waals surface area (Å²) < 4.78 is 4.03. The number of aromatic nitrogens is 5. The first kappa shape index (κ1) is 16.8. The van der Waals surface area contributed by atoms with E-state index in [2.05, 4.69) is 25.1 Å². The first-order valence-electron chi connectivity index (χ1n) is 9.31. The SMILES string of the molecule is C[C@H](C(=O)NCc1nncn1C1CCCCC1)n1cnc2ccccc21. The molecule has 1 saturated carbocycles. The largest absolute Gasteiger partial charge is 0.347 e. The summed E-state index contributed by atoms with van der Waals surface area (Å²) in [5, 5.41) is 11.3.